The van der Waals surface area contributed by atoms with Gasteiger partial charge in [0.25, 0.3) is 60.7 Å². The molecule has 31 heteroatoms. The van der Waals surface area contributed by atoms with Crippen LogP contribution in [0.1, 0.15) is 66.8 Å². The number of phenols is 6. The smallest absolute Gasteiger partial charge is 0.294 e. The zero-order valence-corrected chi connectivity index (χ0v) is 41.3. The van der Waals surface area contributed by atoms with E-state index in [-0.39, 0.29) is 5.48 Å². The summed E-state index contributed by atoms with van der Waals surface area (Å²) in [7, 11) is -31.6. The molecule has 6 aromatic carbocycles. The van der Waals surface area contributed by atoms with Crippen molar-refractivity contribution in [2.24, 2.45) is 0 Å². The van der Waals surface area contributed by atoms with Crippen LogP contribution in [0.4, 0.5) is 0 Å². The molecule has 0 aliphatic heterocycles. The van der Waals surface area contributed by atoms with E-state index in [0.29, 0.717) is 72.8 Å². The van der Waals surface area contributed by atoms with Gasteiger partial charge in [-0.25, -0.2) is 0 Å². The highest BCUT2D eigenvalue weighted by atomic mass is 32.2. The quantitative estimate of drug-likeness (QED) is 0.106. The molecule has 1 aliphatic carbocycles. The van der Waals surface area contributed by atoms with Crippen LogP contribution in [0.2, 0.25) is 0 Å². The Morgan fingerprint density at radius 1 is 0.219 bits per heavy atom. The molecule has 6 aromatic rings. The maximum absolute atomic E-state index is 12.6. The predicted octanol–water partition coefficient (Wildman–Crippen LogP) is 2.43. The van der Waals surface area contributed by atoms with Gasteiger partial charge in [-0.05, 0) is 72.8 Å². The molecule has 0 unspecified atom stereocenters. The largest absolute Gasteiger partial charge is 0.507 e. The van der Waals surface area contributed by atoms with Gasteiger partial charge in [-0.1, -0.05) is 0 Å². The minimum Gasteiger partial charge on any atom is -0.507 e. The van der Waals surface area contributed by atoms with Gasteiger partial charge in [-0.3, -0.25) is 27.3 Å². The van der Waals surface area contributed by atoms with Crippen LogP contribution in [0.3, 0.4) is 0 Å². The third-order valence-corrected chi connectivity index (χ3v) is 16.5. The Kier molecular flexibility index (Phi) is 14.6. The van der Waals surface area contributed by atoms with Gasteiger partial charge >= 0.3 is 0 Å². The fourth-order valence-electron chi connectivity index (χ4n) is 8.11. The highest BCUT2D eigenvalue weighted by Gasteiger charge is 2.29. The lowest BCUT2D eigenvalue weighted by molar-refractivity contribution is 0.450. The molecule has 7 rings (SSSR count). The number of aromatic hydroxyl groups is 6. The molecule has 1 aliphatic rings. The molecule has 12 bridgehead atoms. The van der Waals surface area contributed by atoms with E-state index in [1.54, 1.807) is 0 Å². The van der Waals surface area contributed by atoms with Crippen molar-refractivity contribution < 1.29 is 114 Å². The zero-order valence-electron chi connectivity index (χ0n) is 36.4. The lowest BCUT2D eigenvalue weighted by Gasteiger charge is -2.19. The van der Waals surface area contributed by atoms with Crippen LogP contribution in [-0.4, -0.2) is 114 Å². The van der Waals surface area contributed by atoms with Crippen molar-refractivity contribution in [3.8, 4) is 34.5 Å². The lowest BCUT2D eigenvalue weighted by atomic mass is 9.91. The van der Waals surface area contributed by atoms with Gasteiger partial charge in [0.05, 0.1) is 29.4 Å². The lowest BCUT2D eigenvalue weighted by Crippen LogP contribution is -2.08. The van der Waals surface area contributed by atoms with Crippen LogP contribution in [0.25, 0.3) is 0 Å². The number of hydrogen-bond acceptors (Lipinski definition) is 18. The van der Waals surface area contributed by atoms with E-state index in [2.05, 4.69) is 0 Å². The molecule has 73 heavy (non-hydrogen) atoms. The third kappa shape index (κ3) is 11.8. The van der Waals surface area contributed by atoms with Crippen molar-refractivity contribution in [2.75, 3.05) is 0 Å². The highest BCUT2D eigenvalue weighted by molar-refractivity contribution is 7.87. The van der Waals surface area contributed by atoms with Gasteiger partial charge in [-0.2, -0.15) is 50.5 Å². The van der Waals surface area contributed by atoms with Crippen LogP contribution in [0.15, 0.2) is 102 Å². The van der Waals surface area contributed by atoms with Crippen LogP contribution in [0, 0.1) is 0 Å². The summed E-state index contributed by atoms with van der Waals surface area (Å²) in [6.07, 6.45) is -5.55. The van der Waals surface area contributed by atoms with Crippen LogP contribution >= 0.6 is 0 Å². The summed E-state index contributed by atoms with van der Waals surface area (Å²) in [6, 6.07) is 7.73. The van der Waals surface area contributed by atoms with E-state index in [9.17, 15) is 108 Å². The Balaban J connectivity index is 0.00000869. The first kappa shape index (κ1) is 55.8. The SMILES string of the molecule is O.O=S(=O)(O)c1cc2c(O)c(c1)Cc1cc(S(=O)(=O)O)cc(c1O)Cc1cc(S(=O)(=O)O)cc(c1O)Cc1cc(S(=O)(=O)O)cc(c1O)Cc1cc(S(=O)(=O)O)cc(c1O)Cc1cc(S(=O)(=O)O)cc(c1O)C2. The van der Waals surface area contributed by atoms with Gasteiger partial charge in [0.1, 0.15) is 34.5 Å². The number of hydrogen-bond donors (Lipinski definition) is 12. The van der Waals surface area contributed by atoms with Crippen LogP contribution in [0.5, 0.6) is 34.5 Å². The zero-order chi connectivity index (χ0) is 53.6. The molecule has 25 nitrogen and oxygen atoms in total. The second kappa shape index (κ2) is 19.1. The summed E-state index contributed by atoms with van der Waals surface area (Å²) >= 11 is 0. The minimum absolute atomic E-state index is 0. The number of benzene rings is 6. The second-order valence-corrected chi connectivity index (χ2v) is 25.0. The summed E-state index contributed by atoms with van der Waals surface area (Å²) in [5.74, 6) is -5.57. The van der Waals surface area contributed by atoms with Crippen molar-refractivity contribution in [1.82, 2.24) is 0 Å². The second-order valence-electron chi connectivity index (χ2n) is 16.5. The molecule has 0 spiro atoms. The molecule has 0 fully saturated rings. The van der Waals surface area contributed by atoms with Crippen molar-refractivity contribution in [3.05, 3.63) is 140 Å². The summed E-state index contributed by atoms with van der Waals surface area (Å²) in [5.41, 5.74) is -6.85. The van der Waals surface area contributed by atoms with Crippen molar-refractivity contribution in [3.63, 3.8) is 0 Å². The Hall–Kier alpha value is -6.46. The van der Waals surface area contributed by atoms with Crippen LogP contribution in [-0.2, 0) is 99.2 Å². The van der Waals surface area contributed by atoms with E-state index < -0.39 is 230 Å². The number of fused-ring (bicyclic) bond motifs is 12. The molecule has 14 N–H and O–H groups in total. The van der Waals surface area contributed by atoms with Gasteiger partial charge < -0.3 is 36.1 Å². The standard InChI is InChI=1S/C42H36O24S6.H2O/c43-37-19-1-20-8-32(68(52,53)54)10-22(38(20)44)3-24-12-34(70(58,59)60)14-26(40(24)46)5-28-16-36(72(64,65)66)18-30(42(28)48)6-29-17-35(71(61,62)63)15-27(41(29)47)4-25-13-33(69(55,56)57)11-23(39(25)45)2-21(37)9-31(7-19)67(49,50)51;/h7-18,43-48H,1-6H2,(H,49,50,51)(H,52,53,54)(H,55,56,57)(H,58,59,60)(H,61,62,63)(H,64,65,66);1H2. The van der Waals surface area contributed by atoms with Crippen molar-refractivity contribution in [2.45, 2.75) is 67.9 Å². The summed E-state index contributed by atoms with van der Waals surface area (Å²) in [6.45, 7) is 0. The van der Waals surface area contributed by atoms with Gasteiger partial charge in [0, 0.05) is 105 Å². The fraction of sp³-hybridized carbons (Fsp3) is 0.143. The number of phenolic OH excluding ortho intramolecular Hbond substituents is 6. The summed E-state index contributed by atoms with van der Waals surface area (Å²) in [5, 5.41) is 69.9. The van der Waals surface area contributed by atoms with Gasteiger partial charge in [-0.15, -0.1) is 0 Å². The molecule has 0 atom stereocenters. The monoisotopic (exact) mass is 1130 g/mol. The molecular weight excluding hydrogens is 1100 g/mol. The Labute approximate surface area is 414 Å². The molecular formula is C42H38O25S6. The molecule has 0 saturated carbocycles. The van der Waals surface area contributed by atoms with E-state index in [4.69, 9.17) is 0 Å². The van der Waals surface area contributed by atoms with E-state index in [1.165, 1.54) is 0 Å². The maximum atomic E-state index is 12.6. The van der Waals surface area contributed by atoms with Gasteiger partial charge in [0.15, 0.2) is 0 Å². The molecule has 0 heterocycles. The molecule has 0 radical (unpaired) electrons. The Morgan fingerprint density at radius 2 is 0.301 bits per heavy atom. The van der Waals surface area contributed by atoms with E-state index in [1.807, 2.05) is 0 Å². The van der Waals surface area contributed by atoms with E-state index in [0.717, 1.165) is 0 Å². The minimum atomic E-state index is -5.27. The molecule has 0 saturated heterocycles. The third-order valence-electron chi connectivity index (χ3n) is 11.5. The van der Waals surface area contributed by atoms with Crippen molar-refractivity contribution >= 4 is 60.7 Å². The van der Waals surface area contributed by atoms with Gasteiger partial charge in [0.2, 0.25) is 0 Å². The number of rotatable bonds is 6. The first-order valence-electron chi connectivity index (χ1n) is 19.8. The highest BCUT2D eigenvalue weighted by Crippen LogP contribution is 2.42. The van der Waals surface area contributed by atoms with E-state index >= 15 is 0 Å². The first-order valence-corrected chi connectivity index (χ1v) is 28.5. The molecule has 0 aromatic heterocycles. The Bertz CT molecular complexity index is 3220. The van der Waals surface area contributed by atoms with Crippen LogP contribution < -0.4 is 0 Å². The Morgan fingerprint density at radius 3 is 0.370 bits per heavy atom. The normalized spacial score (nSPS) is 13.9. The molecule has 392 valence electrons. The fourth-order valence-corrected chi connectivity index (χ4v) is 11.6. The predicted molar refractivity (Wildman–Crippen MR) is 248 cm³/mol. The topological polar surface area (TPSA) is 479 Å². The van der Waals surface area contributed by atoms with Crippen molar-refractivity contribution in [1.29, 1.82) is 0 Å². The summed E-state index contributed by atoms with van der Waals surface area (Å²) < 4.78 is 212. The average Bonchev–Trinajstić information content (AvgIpc) is 3.23. The first-order chi connectivity index (χ1) is 32.9. The summed E-state index contributed by atoms with van der Waals surface area (Å²) in [4.78, 5) is -5.99. The maximum Gasteiger partial charge on any atom is 0.294 e. The molecule has 0 amide bonds. The average molecular weight is 1140 g/mol.